The van der Waals surface area contributed by atoms with E-state index in [0.717, 1.165) is 11.3 Å². The van der Waals surface area contributed by atoms with E-state index in [2.05, 4.69) is 9.88 Å². The van der Waals surface area contributed by atoms with E-state index in [4.69, 9.17) is 5.73 Å². The predicted octanol–water partition coefficient (Wildman–Crippen LogP) is 1.60. The molecule has 0 spiro atoms. The minimum absolute atomic E-state index is 0.0179. The number of ketones is 2. The molecule has 0 aromatic carbocycles. The topological polar surface area (TPSA) is 96.3 Å². The molecule has 1 atom stereocenters. The smallest absolute Gasteiger partial charge is 0.220 e. The van der Waals surface area contributed by atoms with Gasteiger partial charge in [-0.1, -0.05) is 0 Å². The first-order valence-corrected chi connectivity index (χ1v) is 8.01. The molecule has 1 aromatic heterocycles. The van der Waals surface area contributed by atoms with Crippen molar-refractivity contribution in [3.05, 3.63) is 22.5 Å². The summed E-state index contributed by atoms with van der Waals surface area (Å²) in [6.07, 6.45) is 1.38. The van der Waals surface area contributed by atoms with Gasteiger partial charge in [-0.05, 0) is 59.2 Å². The van der Waals surface area contributed by atoms with Crippen LogP contribution in [-0.4, -0.2) is 46.5 Å². The van der Waals surface area contributed by atoms with Crippen LogP contribution in [0.15, 0.2) is 0 Å². The second kappa shape index (κ2) is 6.66. The maximum atomic E-state index is 12.8. The van der Waals surface area contributed by atoms with E-state index in [9.17, 15) is 14.4 Å². The third-order valence-electron chi connectivity index (χ3n) is 4.90. The number of carbonyl (C=O) groups excluding carboxylic acids is 3. The summed E-state index contributed by atoms with van der Waals surface area (Å²) in [7, 11) is 0. The number of likely N-dealkylation sites (tertiary alicyclic amines) is 1. The van der Waals surface area contributed by atoms with Gasteiger partial charge in [0, 0.05) is 17.2 Å². The lowest BCUT2D eigenvalue weighted by Gasteiger charge is -2.34. The fourth-order valence-electron chi connectivity index (χ4n) is 3.47. The van der Waals surface area contributed by atoms with E-state index in [1.807, 2.05) is 13.8 Å². The molecule has 1 amide bonds. The van der Waals surface area contributed by atoms with Crippen LogP contribution in [0.25, 0.3) is 0 Å². The number of rotatable bonds is 5. The molecule has 1 aromatic rings. The normalized spacial score (nSPS) is 17.9. The van der Waals surface area contributed by atoms with Crippen LogP contribution in [0.2, 0.25) is 0 Å². The third kappa shape index (κ3) is 3.37. The van der Waals surface area contributed by atoms with Gasteiger partial charge in [-0.2, -0.15) is 0 Å². The number of aromatic amines is 1. The third-order valence-corrected chi connectivity index (χ3v) is 4.90. The Morgan fingerprint density at radius 2 is 1.78 bits per heavy atom. The molecule has 6 nitrogen and oxygen atoms in total. The van der Waals surface area contributed by atoms with Crippen molar-refractivity contribution >= 4 is 17.5 Å². The van der Waals surface area contributed by atoms with Gasteiger partial charge in [-0.3, -0.25) is 19.3 Å². The highest BCUT2D eigenvalue weighted by Crippen LogP contribution is 2.23. The van der Waals surface area contributed by atoms with Gasteiger partial charge >= 0.3 is 0 Å². The van der Waals surface area contributed by atoms with E-state index in [1.54, 1.807) is 6.92 Å². The zero-order valence-electron chi connectivity index (χ0n) is 14.2. The van der Waals surface area contributed by atoms with Gasteiger partial charge in [0.1, 0.15) is 0 Å². The number of hydrogen-bond donors (Lipinski definition) is 2. The van der Waals surface area contributed by atoms with Crippen molar-refractivity contribution in [1.29, 1.82) is 0 Å². The molecule has 1 aliphatic heterocycles. The van der Waals surface area contributed by atoms with Crippen molar-refractivity contribution in [3.8, 4) is 0 Å². The monoisotopic (exact) mass is 319 g/mol. The maximum absolute atomic E-state index is 12.8. The molecule has 3 N–H and O–H groups in total. The Labute approximate surface area is 136 Å². The number of H-pyrrole nitrogens is 1. The summed E-state index contributed by atoms with van der Waals surface area (Å²) in [5.41, 5.74) is 7.92. The van der Waals surface area contributed by atoms with Crippen LogP contribution < -0.4 is 5.73 Å². The van der Waals surface area contributed by atoms with Crippen molar-refractivity contribution in [1.82, 2.24) is 9.88 Å². The summed E-state index contributed by atoms with van der Waals surface area (Å²) in [5, 5.41) is 0. The molecule has 0 saturated carbocycles. The minimum Gasteiger partial charge on any atom is -0.369 e. The summed E-state index contributed by atoms with van der Waals surface area (Å²) in [5.74, 6) is -0.404. The number of nitrogens with zero attached hydrogens (tertiary/aromatic N) is 1. The molecular formula is C17H25N3O3. The second-order valence-corrected chi connectivity index (χ2v) is 6.43. The molecule has 1 saturated heterocycles. The average molecular weight is 319 g/mol. The fourth-order valence-corrected chi connectivity index (χ4v) is 3.47. The van der Waals surface area contributed by atoms with Gasteiger partial charge in [0.25, 0.3) is 0 Å². The van der Waals surface area contributed by atoms with Gasteiger partial charge in [-0.25, -0.2) is 0 Å². The Balaban J connectivity index is 2.14. The fraction of sp³-hybridized carbons (Fsp3) is 0.588. The lowest BCUT2D eigenvalue weighted by molar-refractivity contribution is -0.123. The van der Waals surface area contributed by atoms with E-state index in [0.29, 0.717) is 37.2 Å². The first-order chi connectivity index (χ1) is 10.7. The van der Waals surface area contributed by atoms with Gasteiger partial charge < -0.3 is 10.7 Å². The van der Waals surface area contributed by atoms with Crippen LogP contribution in [0.4, 0.5) is 0 Å². The highest BCUT2D eigenvalue weighted by Gasteiger charge is 2.31. The molecule has 1 aliphatic rings. The van der Waals surface area contributed by atoms with Crippen LogP contribution in [0.5, 0.6) is 0 Å². The lowest BCUT2D eigenvalue weighted by atomic mass is 9.94. The van der Waals surface area contributed by atoms with Crippen LogP contribution in [0, 0.1) is 19.8 Å². The van der Waals surface area contributed by atoms with Gasteiger partial charge in [-0.15, -0.1) is 0 Å². The van der Waals surface area contributed by atoms with Gasteiger partial charge in [0.15, 0.2) is 11.6 Å². The summed E-state index contributed by atoms with van der Waals surface area (Å²) >= 11 is 0. The molecule has 6 heteroatoms. The molecule has 0 radical (unpaired) electrons. The number of piperidine rings is 1. The highest BCUT2D eigenvalue weighted by molar-refractivity contribution is 6.05. The highest BCUT2D eigenvalue weighted by atomic mass is 16.1. The van der Waals surface area contributed by atoms with Crippen molar-refractivity contribution in [2.45, 2.75) is 46.6 Å². The van der Waals surface area contributed by atoms with Crippen LogP contribution in [-0.2, 0) is 4.79 Å². The molecule has 0 aliphatic carbocycles. The van der Waals surface area contributed by atoms with E-state index in [1.165, 1.54) is 6.92 Å². The van der Waals surface area contributed by atoms with Crippen LogP contribution in [0.3, 0.4) is 0 Å². The van der Waals surface area contributed by atoms with E-state index < -0.39 is 0 Å². The first-order valence-electron chi connectivity index (χ1n) is 8.01. The Hall–Kier alpha value is -1.95. The number of hydrogen-bond acceptors (Lipinski definition) is 4. The summed E-state index contributed by atoms with van der Waals surface area (Å²) in [4.78, 5) is 40.9. The zero-order valence-corrected chi connectivity index (χ0v) is 14.2. The Kier molecular flexibility index (Phi) is 5.04. The van der Waals surface area contributed by atoms with Gasteiger partial charge in [0.05, 0.1) is 11.7 Å². The van der Waals surface area contributed by atoms with Crippen molar-refractivity contribution in [2.75, 3.05) is 13.1 Å². The number of primary amides is 1. The summed E-state index contributed by atoms with van der Waals surface area (Å²) < 4.78 is 0. The molecule has 2 heterocycles. The quantitative estimate of drug-likeness (QED) is 0.806. The first kappa shape index (κ1) is 17.4. The van der Waals surface area contributed by atoms with Gasteiger partial charge in [0.2, 0.25) is 5.91 Å². The zero-order chi connectivity index (χ0) is 17.3. The Morgan fingerprint density at radius 3 is 2.22 bits per heavy atom. The maximum Gasteiger partial charge on any atom is 0.220 e. The molecule has 2 rings (SSSR count). The predicted molar refractivity (Wildman–Crippen MR) is 87.6 cm³/mol. The average Bonchev–Trinajstić information content (AvgIpc) is 2.80. The number of nitrogens with two attached hydrogens (primary N) is 1. The van der Waals surface area contributed by atoms with E-state index >= 15 is 0 Å². The van der Waals surface area contributed by atoms with Crippen molar-refractivity contribution < 1.29 is 14.4 Å². The van der Waals surface area contributed by atoms with Crippen LogP contribution >= 0.6 is 0 Å². The largest absolute Gasteiger partial charge is 0.369 e. The summed E-state index contributed by atoms with van der Waals surface area (Å²) in [6.45, 7) is 8.35. The molecule has 1 fully saturated rings. The molecule has 126 valence electrons. The number of aromatic nitrogens is 1. The van der Waals surface area contributed by atoms with Crippen molar-refractivity contribution in [2.24, 2.45) is 11.7 Å². The molecule has 23 heavy (non-hydrogen) atoms. The number of nitrogens with one attached hydrogen (secondary N) is 1. The minimum atomic E-state index is -0.291. The standard InChI is InChI=1S/C17H25N3O3/c1-9-14(12(4)21)10(2)19-15(9)16(22)11(3)20-7-5-13(6-8-20)17(18)23/h11,13,19H,5-8H2,1-4H3,(H2,18,23). The lowest BCUT2D eigenvalue weighted by Crippen LogP contribution is -2.46. The Morgan fingerprint density at radius 1 is 1.22 bits per heavy atom. The number of amides is 1. The molecular weight excluding hydrogens is 294 g/mol. The van der Waals surface area contributed by atoms with Crippen molar-refractivity contribution in [3.63, 3.8) is 0 Å². The molecule has 1 unspecified atom stereocenters. The number of aryl methyl sites for hydroxylation is 1. The van der Waals surface area contributed by atoms with Crippen LogP contribution in [0.1, 0.15) is 58.8 Å². The summed E-state index contributed by atoms with van der Waals surface area (Å²) in [6, 6.07) is -0.291. The Bertz CT molecular complexity index is 640. The van der Waals surface area contributed by atoms with E-state index in [-0.39, 0.29) is 29.4 Å². The SMILES string of the molecule is CC(=O)c1c(C)[nH]c(C(=O)C(C)N2CCC(C(N)=O)CC2)c1C. The number of Topliss-reactive ketones (excluding diaryl/α,β-unsaturated/α-hetero) is 2. The second-order valence-electron chi connectivity index (χ2n) is 6.43. The number of carbonyl (C=O) groups is 3. The molecule has 0 bridgehead atoms.